The summed E-state index contributed by atoms with van der Waals surface area (Å²) in [5, 5.41) is 1.14. The number of rotatable bonds is 4. The molecular formula is C19H26N4O2S. The van der Waals surface area contributed by atoms with Crippen molar-refractivity contribution < 1.29 is 4.74 Å². The summed E-state index contributed by atoms with van der Waals surface area (Å²) in [4.78, 5) is 25.2. The first-order valence-electron chi connectivity index (χ1n) is 9.48. The van der Waals surface area contributed by atoms with Crippen molar-refractivity contribution >= 4 is 16.5 Å². The van der Waals surface area contributed by atoms with Gasteiger partial charge < -0.3 is 9.64 Å². The smallest absolute Gasteiger partial charge is 0.253 e. The molecule has 2 aliphatic heterocycles. The fraction of sp³-hybridized carbons (Fsp3) is 0.632. The molecule has 0 saturated carbocycles. The maximum atomic E-state index is 12.3. The van der Waals surface area contributed by atoms with Crippen LogP contribution in [0.2, 0.25) is 0 Å². The highest BCUT2D eigenvalue weighted by molar-refractivity contribution is 7.15. The Bertz CT molecular complexity index is 798. The van der Waals surface area contributed by atoms with Crippen LogP contribution in [0.25, 0.3) is 0 Å². The van der Waals surface area contributed by atoms with Crippen LogP contribution < -0.4 is 10.5 Å². The van der Waals surface area contributed by atoms with Crippen molar-refractivity contribution in [2.75, 3.05) is 24.6 Å². The number of hydrogen-bond donors (Lipinski definition) is 0. The van der Waals surface area contributed by atoms with Crippen LogP contribution in [0.1, 0.15) is 48.9 Å². The topological polar surface area (TPSA) is 60.2 Å². The van der Waals surface area contributed by atoms with Crippen LogP contribution in [0.4, 0.5) is 5.13 Å². The van der Waals surface area contributed by atoms with Crippen molar-refractivity contribution in [2.45, 2.75) is 52.2 Å². The van der Waals surface area contributed by atoms with E-state index in [1.807, 2.05) is 0 Å². The van der Waals surface area contributed by atoms with E-state index < -0.39 is 0 Å². The number of ether oxygens (including phenoxy) is 1. The number of aromatic nitrogens is 3. The Balaban J connectivity index is 1.36. The summed E-state index contributed by atoms with van der Waals surface area (Å²) in [6.45, 7) is 8.39. The minimum absolute atomic E-state index is 0.0683. The molecule has 0 spiro atoms. The molecule has 2 aromatic heterocycles. The Kier molecular flexibility index (Phi) is 5.09. The summed E-state index contributed by atoms with van der Waals surface area (Å²) in [5.41, 5.74) is 2.16. The van der Waals surface area contributed by atoms with Gasteiger partial charge in [-0.2, -0.15) is 0 Å². The highest BCUT2D eigenvalue weighted by Crippen LogP contribution is 2.32. The molecule has 0 aliphatic carbocycles. The lowest BCUT2D eigenvalue weighted by Crippen LogP contribution is -2.36. The predicted molar refractivity (Wildman–Crippen MR) is 103 cm³/mol. The number of fused-ring (bicyclic) bond motifs is 1. The van der Waals surface area contributed by atoms with E-state index in [4.69, 9.17) is 9.72 Å². The average Bonchev–Trinajstić information content (AvgIpc) is 3.08. The molecule has 4 rings (SSSR count). The van der Waals surface area contributed by atoms with E-state index in [9.17, 15) is 4.79 Å². The van der Waals surface area contributed by atoms with Gasteiger partial charge in [0.15, 0.2) is 5.13 Å². The van der Waals surface area contributed by atoms with E-state index in [0.717, 1.165) is 56.3 Å². The highest BCUT2D eigenvalue weighted by atomic mass is 32.1. The van der Waals surface area contributed by atoms with Gasteiger partial charge in [0.2, 0.25) is 0 Å². The van der Waals surface area contributed by atoms with E-state index in [2.05, 4.69) is 23.7 Å². The second-order valence-electron chi connectivity index (χ2n) is 7.56. The van der Waals surface area contributed by atoms with Gasteiger partial charge in [0.1, 0.15) is 0 Å². The molecule has 7 heteroatoms. The Morgan fingerprint density at radius 1 is 1.35 bits per heavy atom. The van der Waals surface area contributed by atoms with Gasteiger partial charge in [-0.3, -0.25) is 9.36 Å². The maximum absolute atomic E-state index is 12.3. The number of anilines is 1. The molecule has 0 bridgehead atoms. The van der Waals surface area contributed by atoms with Gasteiger partial charge in [0.25, 0.3) is 5.56 Å². The van der Waals surface area contributed by atoms with Crippen molar-refractivity contribution in [1.82, 2.24) is 14.5 Å². The van der Waals surface area contributed by atoms with Gasteiger partial charge in [-0.1, -0.05) is 25.2 Å². The fourth-order valence-electron chi connectivity index (χ4n) is 3.62. The van der Waals surface area contributed by atoms with Crippen molar-refractivity contribution in [3.63, 3.8) is 0 Å². The first-order valence-corrected chi connectivity index (χ1v) is 10.3. The second kappa shape index (κ2) is 7.48. The minimum atomic E-state index is 0.0683. The molecule has 140 valence electrons. The Morgan fingerprint density at radius 2 is 2.15 bits per heavy atom. The maximum Gasteiger partial charge on any atom is 0.253 e. The molecule has 0 amide bonds. The fourth-order valence-corrected chi connectivity index (χ4v) is 4.72. The zero-order valence-corrected chi connectivity index (χ0v) is 16.3. The van der Waals surface area contributed by atoms with Crippen LogP contribution in [-0.4, -0.2) is 34.2 Å². The third-order valence-electron chi connectivity index (χ3n) is 5.32. The highest BCUT2D eigenvalue weighted by Gasteiger charge is 2.24. The molecule has 2 aliphatic rings. The SMILES string of the molecule is CC(C)c1cc(=O)n(CC2CCN(c3nc4c(s3)COCC4)CC2)cn1. The third-order valence-corrected chi connectivity index (χ3v) is 6.45. The lowest BCUT2D eigenvalue weighted by molar-refractivity contribution is 0.112. The number of hydrogen-bond acceptors (Lipinski definition) is 6. The van der Waals surface area contributed by atoms with Crippen molar-refractivity contribution in [3.8, 4) is 0 Å². The molecule has 6 nitrogen and oxygen atoms in total. The summed E-state index contributed by atoms with van der Waals surface area (Å²) < 4.78 is 7.30. The quantitative estimate of drug-likeness (QED) is 0.824. The van der Waals surface area contributed by atoms with Gasteiger partial charge in [-0.05, 0) is 24.7 Å². The molecule has 0 aromatic carbocycles. The number of piperidine rings is 1. The summed E-state index contributed by atoms with van der Waals surface area (Å²) in [6.07, 6.45) is 4.82. The van der Waals surface area contributed by atoms with E-state index in [1.165, 1.54) is 10.6 Å². The van der Waals surface area contributed by atoms with Crippen LogP contribution >= 0.6 is 11.3 Å². The Hall–Kier alpha value is -1.73. The van der Waals surface area contributed by atoms with E-state index in [-0.39, 0.29) is 11.5 Å². The summed E-state index contributed by atoms with van der Waals surface area (Å²) >= 11 is 1.78. The average molecular weight is 375 g/mol. The summed E-state index contributed by atoms with van der Waals surface area (Å²) in [6, 6.07) is 1.68. The van der Waals surface area contributed by atoms with Crippen molar-refractivity contribution in [2.24, 2.45) is 5.92 Å². The Morgan fingerprint density at radius 3 is 2.85 bits per heavy atom. The van der Waals surface area contributed by atoms with Gasteiger partial charge >= 0.3 is 0 Å². The molecular weight excluding hydrogens is 348 g/mol. The standard InChI is InChI=1S/C19H26N4O2S/c1-13(2)16-9-18(24)23(12-20-16)10-14-3-6-22(7-4-14)19-21-15-5-8-25-11-17(15)26-19/h9,12-14H,3-8,10-11H2,1-2H3. The Labute approximate surface area is 157 Å². The van der Waals surface area contributed by atoms with E-state index in [0.29, 0.717) is 12.5 Å². The lowest BCUT2D eigenvalue weighted by atomic mass is 9.97. The van der Waals surface area contributed by atoms with Crippen LogP contribution in [0, 0.1) is 5.92 Å². The first-order chi connectivity index (χ1) is 12.6. The monoisotopic (exact) mass is 374 g/mol. The molecule has 2 aromatic rings. The molecule has 0 unspecified atom stereocenters. The first kappa shape index (κ1) is 17.7. The van der Waals surface area contributed by atoms with Crippen LogP contribution in [0.15, 0.2) is 17.2 Å². The molecule has 1 fully saturated rings. The number of nitrogens with zero attached hydrogens (tertiary/aromatic N) is 4. The molecule has 0 atom stereocenters. The summed E-state index contributed by atoms with van der Waals surface area (Å²) in [5.74, 6) is 0.809. The molecule has 1 saturated heterocycles. The third kappa shape index (κ3) is 3.69. The van der Waals surface area contributed by atoms with Crippen LogP contribution in [-0.2, 0) is 24.3 Å². The molecule has 0 radical (unpaired) electrons. The lowest BCUT2D eigenvalue weighted by Gasteiger charge is -2.32. The molecule has 0 N–H and O–H groups in total. The van der Waals surface area contributed by atoms with Crippen molar-refractivity contribution in [1.29, 1.82) is 0 Å². The zero-order chi connectivity index (χ0) is 18.1. The molecule has 4 heterocycles. The normalized spacial score (nSPS) is 18.3. The van der Waals surface area contributed by atoms with Crippen LogP contribution in [0.5, 0.6) is 0 Å². The zero-order valence-electron chi connectivity index (χ0n) is 15.5. The largest absolute Gasteiger partial charge is 0.375 e. The van der Waals surface area contributed by atoms with Crippen molar-refractivity contribution in [3.05, 3.63) is 39.0 Å². The van der Waals surface area contributed by atoms with Crippen LogP contribution in [0.3, 0.4) is 0 Å². The van der Waals surface area contributed by atoms with E-state index in [1.54, 1.807) is 28.3 Å². The molecule has 26 heavy (non-hydrogen) atoms. The number of thiazole rings is 1. The second-order valence-corrected chi connectivity index (χ2v) is 8.62. The van der Waals surface area contributed by atoms with Gasteiger partial charge in [-0.25, -0.2) is 9.97 Å². The van der Waals surface area contributed by atoms with Gasteiger partial charge in [0.05, 0.1) is 35.8 Å². The predicted octanol–water partition coefficient (Wildman–Crippen LogP) is 2.81. The van der Waals surface area contributed by atoms with E-state index >= 15 is 0 Å². The minimum Gasteiger partial charge on any atom is -0.375 e. The summed E-state index contributed by atoms with van der Waals surface area (Å²) in [7, 11) is 0. The van der Waals surface area contributed by atoms with Gasteiger partial charge in [0, 0.05) is 32.1 Å². The van der Waals surface area contributed by atoms with Gasteiger partial charge in [-0.15, -0.1) is 0 Å².